The topological polar surface area (TPSA) is 66.0 Å². The highest BCUT2D eigenvalue weighted by Gasteiger charge is 2.29. The summed E-state index contributed by atoms with van der Waals surface area (Å²) < 4.78 is 5.45. The number of carbonyl (C=O) groups is 2. The van der Waals surface area contributed by atoms with Gasteiger partial charge in [-0.2, -0.15) is 0 Å². The first-order valence-corrected chi connectivity index (χ1v) is 9.63. The molecule has 0 atom stereocenters. The van der Waals surface area contributed by atoms with Crippen LogP contribution in [-0.4, -0.2) is 65.9 Å². The Morgan fingerprint density at radius 2 is 1.89 bits per heavy atom. The van der Waals surface area contributed by atoms with Gasteiger partial charge in [0.1, 0.15) is 12.3 Å². The molecule has 1 aromatic heterocycles. The number of para-hydroxylation sites is 2. The van der Waals surface area contributed by atoms with Crippen molar-refractivity contribution in [1.82, 2.24) is 14.8 Å². The molecule has 0 saturated carbocycles. The average molecular weight is 380 g/mol. The van der Waals surface area contributed by atoms with Gasteiger partial charge >= 0.3 is 0 Å². The summed E-state index contributed by atoms with van der Waals surface area (Å²) in [5, 5.41) is 0. The van der Waals surface area contributed by atoms with Gasteiger partial charge in [-0.15, -0.1) is 0 Å². The molecule has 0 N–H and O–H groups in total. The fraction of sp³-hybridized carbons (Fsp3) is 0.381. The van der Waals surface area contributed by atoms with Crippen molar-refractivity contribution in [2.45, 2.75) is 13.0 Å². The van der Waals surface area contributed by atoms with E-state index in [0.29, 0.717) is 24.5 Å². The molecule has 2 amide bonds. The molecule has 0 bridgehead atoms. The van der Waals surface area contributed by atoms with E-state index in [2.05, 4.69) is 9.88 Å². The van der Waals surface area contributed by atoms with Gasteiger partial charge in [-0.3, -0.25) is 24.4 Å². The minimum Gasteiger partial charge on any atom is -0.482 e. The van der Waals surface area contributed by atoms with Crippen LogP contribution in [0.5, 0.6) is 5.75 Å². The minimum absolute atomic E-state index is 0.0234. The summed E-state index contributed by atoms with van der Waals surface area (Å²) in [6, 6.07) is 13.3. The summed E-state index contributed by atoms with van der Waals surface area (Å²) in [5.74, 6) is 0.440. The molecule has 3 heterocycles. The van der Waals surface area contributed by atoms with Crippen LogP contribution in [0.3, 0.4) is 0 Å². The van der Waals surface area contributed by atoms with Crippen LogP contribution in [0.1, 0.15) is 12.1 Å². The number of amides is 2. The van der Waals surface area contributed by atoms with E-state index < -0.39 is 0 Å². The summed E-state index contributed by atoms with van der Waals surface area (Å²) in [6.07, 6.45) is 2.71. The van der Waals surface area contributed by atoms with E-state index in [1.165, 1.54) is 4.90 Å². The van der Waals surface area contributed by atoms with Crippen molar-refractivity contribution in [3.05, 3.63) is 54.4 Å². The lowest BCUT2D eigenvalue weighted by Crippen LogP contribution is -2.47. The smallest absolute Gasteiger partial charge is 0.265 e. The Hall–Kier alpha value is -2.93. The van der Waals surface area contributed by atoms with Gasteiger partial charge in [-0.05, 0) is 30.7 Å². The third-order valence-corrected chi connectivity index (χ3v) is 5.15. The van der Waals surface area contributed by atoms with Crippen molar-refractivity contribution in [2.75, 3.05) is 44.2 Å². The van der Waals surface area contributed by atoms with Crippen molar-refractivity contribution in [3.63, 3.8) is 0 Å². The molecule has 1 fully saturated rings. The van der Waals surface area contributed by atoms with E-state index in [9.17, 15) is 9.59 Å². The predicted molar refractivity (Wildman–Crippen MR) is 105 cm³/mol. The highest BCUT2D eigenvalue weighted by molar-refractivity contribution is 6.02. The van der Waals surface area contributed by atoms with E-state index in [1.807, 2.05) is 47.4 Å². The molecule has 2 aliphatic heterocycles. The third kappa shape index (κ3) is 4.14. The number of pyridine rings is 1. The van der Waals surface area contributed by atoms with Gasteiger partial charge in [-0.1, -0.05) is 18.2 Å². The van der Waals surface area contributed by atoms with E-state index in [1.54, 1.807) is 6.20 Å². The summed E-state index contributed by atoms with van der Waals surface area (Å²) in [4.78, 5) is 35.3. The van der Waals surface area contributed by atoms with Gasteiger partial charge in [0.15, 0.2) is 6.61 Å². The average Bonchev–Trinajstić information content (AvgIpc) is 2.96. The van der Waals surface area contributed by atoms with Crippen LogP contribution >= 0.6 is 0 Å². The Labute approximate surface area is 164 Å². The lowest BCUT2D eigenvalue weighted by Gasteiger charge is -2.31. The SMILES string of the molecule is O=C(CN1C(=O)COc2ccccc21)N1CCCN(Cc2ccccn2)CC1. The van der Waals surface area contributed by atoms with Crippen LogP contribution in [0.4, 0.5) is 5.69 Å². The fourth-order valence-electron chi connectivity index (χ4n) is 3.66. The third-order valence-electron chi connectivity index (χ3n) is 5.15. The zero-order valence-corrected chi connectivity index (χ0v) is 15.8. The molecule has 4 rings (SSSR count). The van der Waals surface area contributed by atoms with Gasteiger partial charge < -0.3 is 9.64 Å². The molecule has 0 radical (unpaired) electrons. The number of anilines is 1. The molecule has 146 valence electrons. The molecule has 28 heavy (non-hydrogen) atoms. The number of benzene rings is 1. The molecule has 0 spiro atoms. The van der Waals surface area contributed by atoms with Crippen LogP contribution in [0, 0.1) is 0 Å². The van der Waals surface area contributed by atoms with Gasteiger partial charge in [0.05, 0.1) is 11.4 Å². The predicted octanol–water partition coefficient (Wildman–Crippen LogP) is 1.54. The van der Waals surface area contributed by atoms with Crippen molar-refractivity contribution in [3.8, 4) is 5.75 Å². The highest BCUT2D eigenvalue weighted by Crippen LogP contribution is 2.31. The second-order valence-electron chi connectivity index (χ2n) is 7.07. The van der Waals surface area contributed by atoms with E-state index in [-0.39, 0.29) is 25.0 Å². The first-order chi connectivity index (χ1) is 13.7. The number of fused-ring (bicyclic) bond motifs is 1. The molecule has 2 aromatic rings. The molecule has 0 unspecified atom stereocenters. The van der Waals surface area contributed by atoms with Crippen LogP contribution < -0.4 is 9.64 Å². The zero-order chi connectivity index (χ0) is 19.3. The Balaban J connectivity index is 1.37. The summed E-state index contributed by atoms with van der Waals surface area (Å²) in [7, 11) is 0. The first-order valence-electron chi connectivity index (χ1n) is 9.63. The lowest BCUT2D eigenvalue weighted by molar-refractivity contribution is -0.131. The number of hydrogen-bond acceptors (Lipinski definition) is 5. The maximum atomic E-state index is 12.9. The summed E-state index contributed by atoms with van der Waals surface area (Å²) in [5.41, 5.74) is 1.71. The molecule has 2 aliphatic rings. The Bertz CT molecular complexity index is 843. The molecular weight excluding hydrogens is 356 g/mol. The van der Waals surface area contributed by atoms with Crippen LogP contribution in [-0.2, 0) is 16.1 Å². The van der Waals surface area contributed by atoms with Crippen molar-refractivity contribution in [1.29, 1.82) is 0 Å². The molecule has 7 heteroatoms. The Kier molecular flexibility index (Phi) is 5.53. The largest absolute Gasteiger partial charge is 0.482 e. The minimum atomic E-state index is -0.182. The van der Waals surface area contributed by atoms with Crippen LogP contribution in [0.2, 0.25) is 0 Å². The van der Waals surface area contributed by atoms with E-state index in [0.717, 1.165) is 31.7 Å². The van der Waals surface area contributed by atoms with Crippen molar-refractivity contribution in [2.24, 2.45) is 0 Å². The number of nitrogens with zero attached hydrogens (tertiary/aromatic N) is 4. The van der Waals surface area contributed by atoms with Crippen molar-refractivity contribution < 1.29 is 14.3 Å². The second-order valence-corrected chi connectivity index (χ2v) is 7.07. The molecule has 7 nitrogen and oxygen atoms in total. The maximum absolute atomic E-state index is 12.9. The molecule has 1 aromatic carbocycles. The van der Waals surface area contributed by atoms with Crippen LogP contribution in [0.15, 0.2) is 48.7 Å². The summed E-state index contributed by atoms with van der Waals surface area (Å²) in [6.45, 7) is 3.92. The van der Waals surface area contributed by atoms with E-state index >= 15 is 0 Å². The quantitative estimate of drug-likeness (QED) is 0.805. The standard InChI is InChI=1S/C21H24N4O3/c26-20(15-25-18-7-1-2-8-19(18)28-16-21(25)27)24-11-5-10-23(12-13-24)14-17-6-3-4-9-22-17/h1-4,6-9H,5,10-16H2. The number of hydrogen-bond donors (Lipinski definition) is 0. The first kappa shape index (κ1) is 18.4. The monoisotopic (exact) mass is 380 g/mol. The number of aromatic nitrogens is 1. The molecule has 1 saturated heterocycles. The number of rotatable bonds is 4. The fourth-order valence-corrected chi connectivity index (χ4v) is 3.66. The zero-order valence-electron chi connectivity index (χ0n) is 15.8. The van der Waals surface area contributed by atoms with E-state index in [4.69, 9.17) is 4.74 Å². The van der Waals surface area contributed by atoms with Gasteiger partial charge in [0.25, 0.3) is 5.91 Å². The number of ether oxygens (including phenoxy) is 1. The normalized spacial score (nSPS) is 17.6. The second kappa shape index (κ2) is 8.39. The van der Waals surface area contributed by atoms with Gasteiger partial charge in [-0.25, -0.2) is 0 Å². The highest BCUT2D eigenvalue weighted by atomic mass is 16.5. The molecular formula is C21H24N4O3. The Morgan fingerprint density at radius 1 is 1.04 bits per heavy atom. The van der Waals surface area contributed by atoms with Gasteiger partial charge in [0, 0.05) is 38.9 Å². The molecule has 0 aliphatic carbocycles. The van der Waals surface area contributed by atoms with Crippen molar-refractivity contribution >= 4 is 17.5 Å². The van der Waals surface area contributed by atoms with Crippen LogP contribution in [0.25, 0.3) is 0 Å². The Morgan fingerprint density at radius 3 is 2.75 bits per heavy atom. The number of carbonyl (C=O) groups excluding carboxylic acids is 2. The lowest BCUT2D eigenvalue weighted by atomic mass is 10.2. The maximum Gasteiger partial charge on any atom is 0.265 e. The summed E-state index contributed by atoms with van der Waals surface area (Å²) >= 11 is 0. The van der Waals surface area contributed by atoms with Gasteiger partial charge in [0.2, 0.25) is 5.91 Å².